The fourth-order valence-corrected chi connectivity index (χ4v) is 6.41. The highest BCUT2D eigenvalue weighted by Gasteiger charge is 2.37. The molecule has 0 unspecified atom stereocenters. The Labute approximate surface area is 276 Å². The maximum absolute atomic E-state index is 13.8. The minimum absolute atomic E-state index is 0.139. The Morgan fingerprint density at radius 2 is 1.85 bits per heavy atom. The molecule has 3 heterocycles. The lowest BCUT2D eigenvalue weighted by molar-refractivity contribution is -0.114. The number of nitrogens with two attached hydrogens (primary N) is 1. The number of likely N-dealkylation sites (N-methyl/N-ethyl adjacent to an activating group) is 1. The van der Waals surface area contributed by atoms with Gasteiger partial charge in [0.2, 0.25) is 0 Å². The normalized spacial score (nSPS) is 16.6. The summed E-state index contributed by atoms with van der Waals surface area (Å²) in [7, 11) is 4.91. The predicted octanol–water partition coefficient (Wildman–Crippen LogP) is 4.28. The third kappa shape index (κ3) is 6.72. The summed E-state index contributed by atoms with van der Waals surface area (Å²) in [5.74, 6) is 0.453. The van der Waals surface area contributed by atoms with Crippen LogP contribution in [0.3, 0.4) is 0 Å². The van der Waals surface area contributed by atoms with Crippen molar-refractivity contribution in [2.75, 3.05) is 77.4 Å². The average Bonchev–Trinajstić information content (AvgIpc) is 3.61. The maximum atomic E-state index is 13.8. The lowest BCUT2D eigenvalue weighted by Gasteiger charge is -2.31. The van der Waals surface area contributed by atoms with Gasteiger partial charge in [-0.3, -0.25) is 4.79 Å². The number of rotatable bonds is 10. The first-order valence-corrected chi connectivity index (χ1v) is 16.3. The van der Waals surface area contributed by atoms with E-state index in [-0.39, 0.29) is 17.6 Å². The van der Waals surface area contributed by atoms with Gasteiger partial charge in [0.1, 0.15) is 0 Å². The molecule has 1 saturated heterocycles. The van der Waals surface area contributed by atoms with Crippen LogP contribution in [0, 0.1) is 6.92 Å². The molecule has 2 aromatic carbocycles. The van der Waals surface area contributed by atoms with Crippen LogP contribution in [0.5, 0.6) is 17.2 Å². The Kier molecular flexibility index (Phi) is 10.5. The number of nitrogens with zero attached hydrogens (tertiary/aromatic N) is 3. The van der Waals surface area contributed by atoms with Crippen molar-refractivity contribution in [3.63, 3.8) is 0 Å². The molecule has 0 radical (unpaired) electrons. The topological polar surface area (TPSA) is 140 Å². The number of halogens is 1. The molecule has 2 aliphatic rings. The Morgan fingerprint density at radius 3 is 2.52 bits per heavy atom. The van der Waals surface area contributed by atoms with Crippen LogP contribution in [0.2, 0.25) is 0 Å². The summed E-state index contributed by atoms with van der Waals surface area (Å²) in [4.78, 5) is 48.9. The molecule has 1 fully saturated rings. The fourth-order valence-electron chi connectivity index (χ4n) is 5.88. The SMILES string of the molecule is COC(=O)c1c(C)[nH]c2c(OC(=O)N3CCN(C)CC3)cc3c(c12)[C@H](CBr)CN3C(=O)/C=C/c1ccc(OC)c(OCCCN)c1. The summed E-state index contributed by atoms with van der Waals surface area (Å²) in [6.07, 6.45) is 3.42. The molecule has 3 aromatic rings. The van der Waals surface area contributed by atoms with Crippen molar-refractivity contribution in [3.05, 3.63) is 52.7 Å². The Bertz CT molecular complexity index is 1650. The van der Waals surface area contributed by atoms with Crippen LogP contribution in [0.4, 0.5) is 10.5 Å². The molecular weight excluding hydrogens is 658 g/mol. The number of anilines is 1. The Morgan fingerprint density at radius 1 is 1.09 bits per heavy atom. The van der Waals surface area contributed by atoms with Gasteiger partial charge in [0.15, 0.2) is 17.2 Å². The lowest BCUT2D eigenvalue weighted by Crippen LogP contribution is -2.48. The molecule has 2 amide bonds. The van der Waals surface area contributed by atoms with Crippen molar-refractivity contribution in [2.24, 2.45) is 5.73 Å². The van der Waals surface area contributed by atoms with Gasteiger partial charge in [-0.25, -0.2) is 9.59 Å². The van der Waals surface area contributed by atoms with E-state index >= 15 is 0 Å². The zero-order valence-electron chi connectivity index (χ0n) is 26.6. The predicted molar refractivity (Wildman–Crippen MR) is 180 cm³/mol. The number of ether oxygens (including phenoxy) is 4. The van der Waals surface area contributed by atoms with Crippen LogP contribution in [0.25, 0.3) is 17.0 Å². The summed E-state index contributed by atoms with van der Waals surface area (Å²) >= 11 is 3.62. The number of hydrogen-bond donors (Lipinski definition) is 2. The number of methoxy groups -OCH3 is 2. The van der Waals surface area contributed by atoms with Gasteiger partial charge in [0.25, 0.3) is 5.91 Å². The number of fused-ring (bicyclic) bond motifs is 3. The Hall–Kier alpha value is -4.07. The molecule has 2 aliphatic heterocycles. The number of aromatic nitrogens is 1. The van der Waals surface area contributed by atoms with Gasteiger partial charge in [-0.15, -0.1) is 0 Å². The van der Waals surface area contributed by atoms with Crippen molar-refractivity contribution >= 4 is 56.6 Å². The van der Waals surface area contributed by atoms with E-state index in [1.165, 1.54) is 13.2 Å². The van der Waals surface area contributed by atoms with Crippen LogP contribution in [0.15, 0.2) is 30.3 Å². The number of amides is 2. The second kappa shape index (κ2) is 14.6. The quantitative estimate of drug-likeness (QED) is 0.138. The highest BCUT2D eigenvalue weighted by atomic mass is 79.9. The standard InChI is InChI=1S/C33H40BrN5O7/c1-20-28(32(41)44-4)30-29-22(18-34)19-39(27(40)9-7-21-6-8-24(43-3)25(16-21)45-15-5-10-35)23(29)17-26(31(30)36-20)46-33(42)38-13-11-37(2)12-14-38/h6-9,16-17,22,36H,5,10-15,18-19,35H2,1-4H3/b9-7+/t22-/m1/s1. The molecule has 1 atom stereocenters. The van der Waals surface area contributed by atoms with Crippen LogP contribution >= 0.6 is 15.9 Å². The molecule has 13 heteroatoms. The van der Waals surface area contributed by atoms with Crippen LogP contribution in [0.1, 0.15) is 39.5 Å². The van der Waals surface area contributed by atoms with E-state index in [4.69, 9.17) is 24.7 Å². The molecule has 12 nitrogen and oxygen atoms in total. The van der Waals surface area contributed by atoms with E-state index in [2.05, 4.69) is 25.8 Å². The number of aryl methyl sites for hydroxylation is 1. The van der Waals surface area contributed by atoms with Crippen molar-refractivity contribution in [3.8, 4) is 17.2 Å². The largest absolute Gasteiger partial charge is 0.493 e. The van der Waals surface area contributed by atoms with Crippen molar-refractivity contribution in [1.29, 1.82) is 0 Å². The summed E-state index contributed by atoms with van der Waals surface area (Å²) in [5, 5.41) is 1.12. The van der Waals surface area contributed by atoms with E-state index in [0.29, 0.717) is 83.9 Å². The third-order valence-corrected chi connectivity index (χ3v) is 9.14. The number of esters is 1. The summed E-state index contributed by atoms with van der Waals surface area (Å²) < 4.78 is 22.4. The summed E-state index contributed by atoms with van der Waals surface area (Å²) in [6, 6.07) is 7.15. The number of nitrogens with one attached hydrogen (secondary N) is 1. The summed E-state index contributed by atoms with van der Waals surface area (Å²) in [5.41, 5.74) is 9.16. The first-order valence-electron chi connectivity index (χ1n) is 15.2. The number of benzene rings is 2. The minimum Gasteiger partial charge on any atom is -0.493 e. The number of H-pyrrole nitrogens is 1. The first-order chi connectivity index (χ1) is 22.2. The minimum atomic E-state index is -0.518. The number of alkyl halides is 1. The monoisotopic (exact) mass is 697 g/mol. The van der Waals surface area contributed by atoms with E-state index in [1.807, 2.05) is 19.2 Å². The van der Waals surface area contributed by atoms with E-state index in [1.54, 1.807) is 42.0 Å². The molecular formula is C33H40BrN5O7. The molecule has 3 N–H and O–H groups in total. The van der Waals surface area contributed by atoms with Crippen molar-refractivity contribution in [2.45, 2.75) is 19.3 Å². The maximum Gasteiger partial charge on any atom is 0.415 e. The summed E-state index contributed by atoms with van der Waals surface area (Å²) in [6.45, 7) is 5.63. The highest BCUT2D eigenvalue weighted by molar-refractivity contribution is 9.09. The lowest BCUT2D eigenvalue weighted by atomic mass is 9.95. The fraction of sp³-hybridized carbons (Fsp3) is 0.424. The molecule has 0 saturated carbocycles. The zero-order chi connectivity index (χ0) is 33.0. The van der Waals surface area contributed by atoms with Gasteiger partial charge in [-0.1, -0.05) is 22.0 Å². The third-order valence-electron chi connectivity index (χ3n) is 8.36. The number of hydrogen-bond acceptors (Lipinski definition) is 9. The van der Waals surface area contributed by atoms with Gasteiger partial charge in [0, 0.05) is 67.2 Å². The molecule has 0 spiro atoms. The van der Waals surface area contributed by atoms with E-state index < -0.39 is 12.1 Å². The second-order valence-electron chi connectivity index (χ2n) is 11.4. The zero-order valence-corrected chi connectivity index (χ0v) is 28.1. The van der Waals surface area contributed by atoms with Gasteiger partial charge in [-0.05, 0) is 56.3 Å². The second-order valence-corrected chi connectivity index (χ2v) is 12.0. The number of carbonyl (C=O) groups is 3. The smallest absolute Gasteiger partial charge is 0.415 e. The van der Waals surface area contributed by atoms with Crippen LogP contribution in [-0.4, -0.2) is 105 Å². The van der Waals surface area contributed by atoms with E-state index in [9.17, 15) is 14.4 Å². The number of piperazine rings is 1. The van der Waals surface area contributed by atoms with Crippen molar-refractivity contribution < 1.29 is 33.3 Å². The number of carbonyl (C=O) groups excluding carboxylic acids is 3. The van der Waals surface area contributed by atoms with Crippen LogP contribution in [-0.2, 0) is 9.53 Å². The van der Waals surface area contributed by atoms with Crippen molar-refractivity contribution in [1.82, 2.24) is 14.8 Å². The van der Waals surface area contributed by atoms with Gasteiger partial charge in [-0.2, -0.15) is 0 Å². The molecule has 46 heavy (non-hydrogen) atoms. The molecule has 246 valence electrons. The molecule has 1 aromatic heterocycles. The highest BCUT2D eigenvalue weighted by Crippen LogP contribution is 2.48. The van der Waals surface area contributed by atoms with Gasteiger partial charge < -0.3 is 44.4 Å². The van der Waals surface area contributed by atoms with Gasteiger partial charge >= 0.3 is 12.1 Å². The molecule has 0 aliphatic carbocycles. The Balaban J connectivity index is 1.53. The average molecular weight is 699 g/mol. The van der Waals surface area contributed by atoms with Gasteiger partial charge in [0.05, 0.1) is 37.6 Å². The van der Waals surface area contributed by atoms with Crippen LogP contribution < -0.4 is 24.8 Å². The molecule has 5 rings (SSSR count). The first kappa shape index (κ1) is 33.3. The molecule has 0 bridgehead atoms. The number of aromatic amines is 1. The van der Waals surface area contributed by atoms with E-state index in [0.717, 1.165) is 24.2 Å².